The summed E-state index contributed by atoms with van der Waals surface area (Å²) in [6.45, 7) is 0. The Morgan fingerprint density at radius 2 is 2.13 bits per heavy atom. The molecule has 2 bridgehead atoms. The van der Waals surface area contributed by atoms with E-state index in [4.69, 9.17) is 4.74 Å². The van der Waals surface area contributed by atoms with Crippen LogP contribution in [0.2, 0.25) is 0 Å². The predicted molar refractivity (Wildman–Crippen MR) is 91.1 cm³/mol. The van der Waals surface area contributed by atoms with Gasteiger partial charge in [0.05, 0.1) is 7.11 Å². The molecule has 3 aliphatic rings. The molecule has 2 aromatic carbocycles. The summed E-state index contributed by atoms with van der Waals surface area (Å²) in [4.78, 5) is 12.6. The van der Waals surface area contributed by atoms with Crippen molar-refractivity contribution in [2.24, 2.45) is 11.8 Å². The molecule has 0 radical (unpaired) electrons. The fourth-order valence-electron chi connectivity index (χ4n) is 5.28. The third kappa shape index (κ3) is 1.67. The van der Waals surface area contributed by atoms with Crippen LogP contribution in [0.1, 0.15) is 41.6 Å². The SMILES string of the molecule is COc1cccc2cc3c(cc12)C(=O)CCC31CC2C=CC1C2. The van der Waals surface area contributed by atoms with Gasteiger partial charge in [0.25, 0.3) is 0 Å². The molecular weight excluding hydrogens is 284 g/mol. The van der Waals surface area contributed by atoms with Gasteiger partial charge in [-0.05, 0) is 60.2 Å². The fraction of sp³-hybridized carbons (Fsp3) is 0.381. The molecule has 3 aliphatic carbocycles. The zero-order chi connectivity index (χ0) is 15.6. The highest BCUT2D eigenvalue weighted by Gasteiger charge is 2.52. The van der Waals surface area contributed by atoms with E-state index >= 15 is 0 Å². The predicted octanol–water partition coefficient (Wildman–Crippen LogP) is 4.66. The van der Waals surface area contributed by atoms with Crippen molar-refractivity contribution < 1.29 is 9.53 Å². The first kappa shape index (κ1) is 13.4. The van der Waals surface area contributed by atoms with E-state index in [1.165, 1.54) is 23.8 Å². The molecule has 0 saturated heterocycles. The lowest BCUT2D eigenvalue weighted by atomic mass is 9.62. The molecular formula is C21H20O2. The number of carbonyl (C=O) groups excluding carboxylic acids is 1. The van der Waals surface area contributed by atoms with Crippen LogP contribution in [0.15, 0.2) is 42.5 Å². The van der Waals surface area contributed by atoms with Crippen LogP contribution in [-0.2, 0) is 5.41 Å². The number of methoxy groups -OCH3 is 1. The number of hydrogen-bond acceptors (Lipinski definition) is 2. The smallest absolute Gasteiger partial charge is 0.163 e. The molecule has 2 heteroatoms. The molecule has 1 fully saturated rings. The average molecular weight is 304 g/mol. The fourth-order valence-corrected chi connectivity index (χ4v) is 5.28. The molecule has 116 valence electrons. The van der Waals surface area contributed by atoms with Crippen molar-refractivity contribution in [1.82, 2.24) is 0 Å². The van der Waals surface area contributed by atoms with Crippen molar-refractivity contribution >= 4 is 16.6 Å². The lowest BCUT2D eigenvalue weighted by Crippen LogP contribution is -2.36. The second-order valence-electron chi connectivity index (χ2n) is 7.35. The number of carbonyl (C=O) groups is 1. The summed E-state index contributed by atoms with van der Waals surface area (Å²) in [5, 5.41) is 2.24. The number of allylic oxidation sites excluding steroid dienone is 2. The van der Waals surface area contributed by atoms with Gasteiger partial charge in [-0.1, -0.05) is 24.3 Å². The van der Waals surface area contributed by atoms with Gasteiger partial charge in [0.15, 0.2) is 5.78 Å². The summed E-state index contributed by atoms with van der Waals surface area (Å²) in [6.07, 6.45) is 8.97. The first-order valence-electron chi connectivity index (χ1n) is 8.54. The topological polar surface area (TPSA) is 26.3 Å². The number of rotatable bonds is 1. The van der Waals surface area contributed by atoms with Gasteiger partial charge in [0.2, 0.25) is 0 Å². The Morgan fingerprint density at radius 3 is 2.87 bits per heavy atom. The lowest BCUT2D eigenvalue weighted by Gasteiger charge is -2.40. The van der Waals surface area contributed by atoms with Crippen molar-refractivity contribution in [3.05, 3.63) is 53.6 Å². The quantitative estimate of drug-likeness (QED) is 0.716. The zero-order valence-electron chi connectivity index (χ0n) is 13.3. The minimum absolute atomic E-state index is 0.194. The van der Waals surface area contributed by atoms with Gasteiger partial charge in [-0.2, -0.15) is 0 Å². The zero-order valence-corrected chi connectivity index (χ0v) is 13.3. The van der Waals surface area contributed by atoms with E-state index in [1.54, 1.807) is 7.11 Å². The Kier molecular flexibility index (Phi) is 2.60. The minimum atomic E-state index is 0.194. The summed E-state index contributed by atoms with van der Waals surface area (Å²) in [6, 6.07) is 10.5. The summed E-state index contributed by atoms with van der Waals surface area (Å²) >= 11 is 0. The molecule has 5 rings (SSSR count). The highest BCUT2D eigenvalue weighted by atomic mass is 16.5. The number of Topliss-reactive ketones (excluding diaryl/α,β-unsaturated/α-hetero) is 1. The molecule has 0 N–H and O–H groups in total. The minimum Gasteiger partial charge on any atom is -0.496 e. The van der Waals surface area contributed by atoms with Crippen LogP contribution in [0.5, 0.6) is 5.75 Å². The monoisotopic (exact) mass is 304 g/mol. The molecule has 2 aromatic rings. The van der Waals surface area contributed by atoms with Crippen molar-refractivity contribution in [2.45, 2.75) is 31.1 Å². The van der Waals surface area contributed by atoms with E-state index in [1.807, 2.05) is 12.1 Å². The average Bonchev–Trinajstić information content (AvgIpc) is 3.18. The highest BCUT2D eigenvalue weighted by molar-refractivity contribution is 6.04. The van der Waals surface area contributed by atoms with Crippen LogP contribution in [0.3, 0.4) is 0 Å². The summed E-state index contributed by atoms with van der Waals surface area (Å²) in [5.74, 6) is 2.47. The summed E-state index contributed by atoms with van der Waals surface area (Å²) < 4.78 is 5.50. The van der Waals surface area contributed by atoms with Crippen molar-refractivity contribution in [2.75, 3.05) is 7.11 Å². The van der Waals surface area contributed by atoms with Crippen LogP contribution in [0.4, 0.5) is 0 Å². The highest BCUT2D eigenvalue weighted by Crippen LogP contribution is 2.58. The van der Waals surface area contributed by atoms with E-state index < -0.39 is 0 Å². The lowest BCUT2D eigenvalue weighted by molar-refractivity contribution is 0.0944. The number of hydrogen-bond donors (Lipinski definition) is 0. The van der Waals surface area contributed by atoms with E-state index in [2.05, 4.69) is 30.4 Å². The Morgan fingerprint density at radius 1 is 1.22 bits per heavy atom. The molecule has 23 heavy (non-hydrogen) atoms. The molecule has 0 heterocycles. The van der Waals surface area contributed by atoms with E-state index in [0.717, 1.165) is 23.1 Å². The summed E-state index contributed by atoms with van der Waals surface area (Å²) in [7, 11) is 1.69. The number of ketones is 1. The second-order valence-corrected chi connectivity index (χ2v) is 7.35. The second kappa shape index (κ2) is 4.47. The Balaban J connectivity index is 1.79. The van der Waals surface area contributed by atoms with Gasteiger partial charge >= 0.3 is 0 Å². The molecule has 0 aliphatic heterocycles. The van der Waals surface area contributed by atoms with Gasteiger partial charge < -0.3 is 4.74 Å². The molecule has 1 saturated carbocycles. The van der Waals surface area contributed by atoms with Gasteiger partial charge in [-0.3, -0.25) is 4.79 Å². The molecule has 3 unspecified atom stereocenters. The maximum absolute atomic E-state index is 12.6. The molecule has 0 aromatic heterocycles. The van der Waals surface area contributed by atoms with E-state index in [0.29, 0.717) is 24.0 Å². The number of benzene rings is 2. The van der Waals surface area contributed by atoms with Crippen molar-refractivity contribution in [3.8, 4) is 5.75 Å². The van der Waals surface area contributed by atoms with E-state index in [9.17, 15) is 4.79 Å². The number of fused-ring (bicyclic) bond motifs is 6. The number of ether oxygens (including phenoxy) is 1. The Bertz CT molecular complexity index is 864. The Labute approximate surface area is 136 Å². The van der Waals surface area contributed by atoms with Crippen molar-refractivity contribution in [3.63, 3.8) is 0 Å². The molecule has 1 spiro atoms. The van der Waals surface area contributed by atoms with Gasteiger partial charge in [-0.15, -0.1) is 0 Å². The summed E-state index contributed by atoms with van der Waals surface area (Å²) in [5.41, 5.74) is 2.43. The van der Waals surface area contributed by atoms with Crippen LogP contribution in [0.25, 0.3) is 10.8 Å². The molecule has 3 atom stereocenters. The van der Waals surface area contributed by atoms with Crippen molar-refractivity contribution in [1.29, 1.82) is 0 Å². The largest absolute Gasteiger partial charge is 0.496 e. The maximum Gasteiger partial charge on any atom is 0.163 e. The maximum atomic E-state index is 12.6. The molecule has 2 nitrogen and oxygen atoms in total. The van der Waals surface area contributed by atoms with Gasteiger partial charge in [0, 0.05) is 22.8 Å². The normalized spacial score (nSPS) is 31.1. The third-order valence-corrected chi connectivity index (χ3v) is 6.34. The van der Waals surface area contributed by atoms with Gasteiger partial charge in [0.1, 0.15) is 5.75 Å². The first-order chi connectivity index (χ1) is 11.2. The van der Waals surface area contributed by atoms with Crippen LogP contribution in [0, 0.1) is 11.8 Å². The standard InChI is InChI=1S/C21H20O2/c1-23-20-4-2-3-14-10-18-17(11-16(14)20)19(22)7-8-21(18)12-13-5-6-15(21)9-13/h2-6,10-11,13,15H,7-9,12H2,1H3. The van der Waals surface area contributed by atoms with Crippen LogP contribution in [-0.4, -0.2) is 12.9 Å². The van der Waals surface area contributed by atoms with Crippen LogP contribution < -0.4 is 4.74 Å². The third-order valence-electron chi connectivity index (χ3n) is 6.34. The first-order valence-corrected chi connectivity index (χ1v) is 8.54. The van der Waals surface area contributed by atoms with Crippen LogP contribution >= 0.6 is 0 Å². The Hall–Kier alpha value is -2.09. The van der Waals surface area contributed by atoms with E-state index in [-0.39, 0.29) is 5.41 Å². The molecule has 0 amide bonds. The van der Waals surface area contributed by atoms with Gasteiger partial charge in [-0.25, -0.2) is 0 Å².